The summed E-state index contributed by atoms with van der Waals surface area (Å²) in [6, 6.07) is 1.85. The van der Waals surface area contributed by atoms with E-state index in [9.17, 15) is 8.78 Å². The number of hydrogen-bond acceptors (Lipinski definition) is 5. The maximum absolute atomic E-state index is 13.7. The fourth-order valence-corrected chi connectivity index (χ4v) is 1.51. The summed E-state index contributed by atoms with van der Waals surface area (Å²) < 4.78 is 42.4. The second-order valence-electron chi connectivity index (χ2n) is 4.06. The molecule has 0 heterocycles. The highest BCUT2D eigenvalue weighted by Gasteiger charge is 2.14. The Morgan fingerprint density at radius 1 is 1.19 bits per heavy atom. The summed E-state index contributed by atoms with van der Waals surface area (Å²) in [6.07, 6.45) is 0.730. The average Bonchev–Trinajstić information content (AvgIpc) is 2.47. The molecule has 1 rings (SSSR count). The molecule has 21 heavy (non-hydrogen) atoms. The predicted molar refractivity (Wildman–Crippen MR) is 71.7 cm³/mol. The van der Waals surface area contributed by atoms with E-state index in [1.165, 1.54) is 0 Å². The van der Waals surface area contributed by atoms with Gasteiger partial charge in [-0.1, -0.05) is 5.16 Å². The third-order valence-electron chi connectivity index (χ3n) is 2.51. The number of oxime groups is 1. The van der Waals surface area contributed by atoms with Gasteiger partial charge >= 0.3 is 0 Å². The Kier molecular flexibility index (Phi) is 7.41. The van der Waals surface area contributed by atoms with E-state index in [2.05, 4.69) is 5.16 Å². The number of methoxy groups -OCH3 is 1. The van der Waals surface area contributed by atoms with Crippen LogP contribution in [0.15, 0.2) is 17.3 Å². The average molecular weight is 304 g/mol. The molecule has 0 aliphatic heterocycles. The zero-order chi connectivity index (χ0) is 15.7. The number of nitrogens with two attached hydrogens (primary N) is 1. The molecule has 0 aromatic heterocycles. The number of ether oxygens (including phenoxy) is 3. The molecule has 0 saturated carbocycles. The molecule has 3 N–H and O–H groups in total. The van der Waals surface area contributed by atoms with Gasteiger partial charge in [-0.15, -0.1) is 0 Å². The summed E-state index contributed by atoms with van der Waals surface area (Å²) in [5, 5.41) is 11.1. The number of benzene rings is 1. The highest BCUT2D eigenvalue weighted by Crippen LogP contribution is 2.23. The van der Waals surface area contributed by atoms with Crippen LogP contribution in [0.25, 0.3) is 0 Å². The van der Waals surface area contributed by atoms with E-state index in [0.29, 0.717) is 13.2 Å². The SMILES string of the molecule is COCCCOCCOc1c(F)cc(C(N)=NO)cc1F. The van der Waals surface area contributed by atoms with Crippen molar-refractivity contribution in [1.29, 1.82) is 0 Å². The van der Waals surface area contributed by atoms with Crippen LogP contribution < -0.4 is 10.5 Å². The molecular formula is C13H18F2N2O4. The van der Waals surface area contributed by atoms with E-state index in [-0.39, 0.29) is 24.6 Å². The molecule has 0 amide bonds. The van der Waals surface area contributed by atoms with Crippen LogP contribution in [0, 0.1) is 11.6 Å². The van der Waals surface area contributed by atoms with Crippen LogP contribution in [-0.4, -0.2) is 44.6 Å². The molecular weight excluding hydrogens is 286 g/mol. The van der Waals surface area contributed by atoms with Crippen LogP contribution in [0.5, 0.6) is 5.75 Å². The van der Waals surface area contributed by atoms with E-state index in [1.54, 1.807) is 7.11 Å². The number of hydrogen-bond donors (Lipinski definition) is 2. The smallest absolute Gasteiger partial charge is 0.190 e. The lowest BCUT2D eigenvalue weighted by Crippen LogP contribution is -2.15. The summed E-state index contributed by atoms with van der Waals surface area (Å²) in [7, 11) is 1.59. The first kappa shape index (κ1) is 17.1. The van der Waals surface area contributed by atoms with Crippen LogP contribution >= 0.6 is 0 Å². The molecule has 0 unspecified atom stereocenters. The van der Waals surface area contributed by atoms with Crippen LogP contribution in [0.2, 0.25) is 0 Å². The van der Waals surface area contributed by atoms with Gasteiger partial charge in [-0.05, 0) is 18.6 Å². The predicted octanol–water partition coefficient (Wildman–Crippen LogP) is 1.49. The van der Waals surface area contributed by atoms with Gasteiger partial charge in [-0.25, -0.2) is 8.78 Å². The lowest BCUT2D eigenvalue weighted by atomic mass is 10.2. The molecule has 0 saturated heterocycles. The largest absolute Gasteiger partial charge is 0.485 e. The van der Waals surface area contributed by atoms with Crippen molar-refractivity contribution in [1.82, 2.24) is 0 Å². The van der Waals surface area contributed by atoms with Crippen LogP contribution in [0.4, 0.5) is 8.78 Å². The quantitative estimate of drug-likeness (QED) is 0.237. The Balaban J connectivity index is 2.49. The molecule has 0 aliphatic rings. The molecule has 118 valence electrons. The van der Waals surface area contributed by atoms with Gasteiger partial charge in [0.1, 0.15) is 6.61 Å². The van der Waals surface area contributed by atoms with Gasteiger partial charge in [0.25, 0.3) is 0 Å². The molecule has 8 heteroatoms. The van der Waals surface area contributed by atoms with E-state index in [4.69, 9.17) is 25.2 Å². The van der Waals surface area contributed by atoms with Crippen molar-refractivity contribution in [3.05, 3.63) is 29.3 Å². The monoisotopic (exact) mass is 304 g/mol. The van der Waals surface area contributed by atoms with Crippen molar-refractivity contribution in [3.8, 4) is 5.75 Å². The molecule has 0 radical (unpaired) electrons. The molecule has 0 bridgehead atoms. The minimum Gasteiger partial charge on any atom is -0.485 e. The summed E-state index contributed by atoms with van der Waals surface area (Å²) in [4.78, 5) is 0. The van der Waals surface area contributed by atoms with Crippen molar-refractivity contribution in [2.24, 2.45) is 10.9 Å². The maximum Gasteiger partial charge on any atom is 0.190 e. The molecule has 0 atom stereocenters. The normalized spacial score (nSPS) is 11.7. The van der Waals surface area contributed by atoms with Gasteiger partial charge in [-0.2, -0.15) is 0 Å². The van der Waals surface area contributed by atoms with Crippen molar-refractivity contribution < 1.29 is 28.2 Å². The lowest BCUT2D eigenvalue weighted by Gasteiger charge is -2.10. The Labute approximate surface area is 121 Å². The van der Waals surface area contributed by atoms with Crippen LogP contribution in [-0.2, 0) is 9.47 Å². The van der Waals surface area contributed by atoms with E-state index >= 15 is 0 Å². The van der Waals surface area contributed by atoms with Gasteiger partial charge in [0, 0.05) is 25.9 Å². The second-order valence-corrected chi connectivity index (χ2v) is 4.06. The first-order valence-electron chi connectivity index (χ1n) is 6.26. The summed E-state index contributed by atoms with van der Waals surface area (Å²) in [5.74, 6) is -2.78. The van der Waals surface area contributed by atoms with E-state index in [1.807, 2.05) is 0 Å². The van der Waals surface area contributed by atoms with Crippen molar-refractivity contribution in [2.45, 2.75) is 6.42 Å². The highest BCUT2D eigenvalue weighted by molar-refractivity contribution is 5.97. The molecule has 0 aliphatic carbocycles. The van der Waals surface area contributed by atoms with Gasteiger partial charge in [0.2, 0.25) is 0 Å². The molecule has 1 aromatic carbocycles. The number of halogens is 2. The standard InChI is InChI=1S/C13H18F2N2O4/c1-19-3-2-4-20-5-6-21-12-10(14)7-9(8-11(12)15)13(16)17-18/h7-8,18H,2-6H2,1H3,(H2,16,17). The second kappa shape index (κ2) is 9.09. The van der Waals surface area contributed by atoms with Gasteiger partial charge in [0.05, 0.1) is 6.61 Å². The van der Waals surface area contributed by atoms with Crippen molar-refractivity contribution in [3.63, 3.8) is 0 Å². The zero-order valence-electron chi connectivity index (χ0n) is 11.6. The minimum absolute atomic E-state index is 0.00371. The summed E-state index contributed by atoms with van der Waals surface area (Å²) in [6.45, 7) is 1.26. The molecule has 1 aromatic rings. The Morgan fingerprint density at radius 3 is 2.43 bits per heavy atom. The fourth-order valence-electron chi connectivity index (χ4n) is 1.51. The minimum atomic E-state index is -0.934. The van der Waals surface area contributed by atoms with E-state index in [0.717, 1.165) is 18.6 Å². The van der Waals surface area contributed by atoms with Crippen LogP contribution in [0.1, 0.15) is 12.0 Å². The highest BCUT2D eigenvalue weighted by atomic mass is 19.1. The van der Waals surface area contributed by atoms with Gasteiger partial charge < -0.3 is 25.2 Å². The molecule has 6 nitrogen and oxygen atoms in total. The lowest BCUT2D eigenvalue weighted by molar-refractivity contribution is 0.0786. The first-order chi connectivity index (χ1) is 10.1. The molecule has 0 fully saturated rings. The molecule has 0 spiro atoms. The maximum atomic E-state index is 13.7. The van der Waals surface area contributed by atoms with Gasteiger partial charge in [0.15, 0.2) is 23.2 Å². The van der Waals surface area contributed by atoms with Crippen molar-refractivity contribution in [2.75, 3.05) is 33.5 Å². The van der Waals surface area contributed by atoms with Gasteiger partial charge in [-0.3, -0.25) is 0 Å². The number of rotatable bonds is 9. The van der Waals surface area contributed by atoms with Crippen molar-refractivity contribution >= 4 is 5.84 Å². The zero-order valence-corrected chi connectivity index (χ0v) is 11.6. The number of amidine groups is 1. The summed E-state index contributed by atoms with van der Waals surface area (Å²) >= 11 is 0. The van der Waals surface area contributed by atoms with Crippen LogP contribution in [0.3, 0.4) is 0 Å². The number of nitrogens with zero attached hydrogens (tertiary/aromatic N) is 1. The third-order valence-corrected chi connectivity index (χ3v) is 2.51. The Bertz CT molecular complexity index is 460. The first-order valence-corrected chi connectivity index (χ1v) is 6.26. The third kappa shape index (κ3) is 5.52. The summed E-state index contributed by atoms with van der Waals surface area (Å²) in [5.41, 5.74) is 5.18. The van der Waals surface area contributed by atoms with E-state index < -0.39 is 17.4 Å². The Morgan fingerprint density at radius 2 is 1.86 bits per heavy atom. The fraction of sp³-hybridized carbons (Fsp3) is 0.462. The Hall–Kier alpha value is -1.93. The topological polar surface area (TPSA) is 86.3 Å².